The maximum atomic E-state index is 16.2. The molecule has 3 aromatic heterocycles. The van der Waals surface area contributed by atoms with Gasteiger partial charge in [-0.2, -0.15) is 19.0 Å². The van der Waals surface area contributed by atoms with E-state index < -0.39 is 92.6 Å². The maximum absolute atomic E-state index is 16.2. The van der Waals surface area contributed by atoms with Crippen LogP contribution in [0.15, 0.2) is 53.3 Å². The van der Waals surface area contributed by atoms with Gasteiger partial charge in [0.2, 0.25) is 15.9 Å². The van der Waals surface area contributed by atoms with Gasteiger partial charge in [0.15, 0.2) is 5.82 Å². The molecule has 1 unspecified atom stereocenters. The van der Waals surface area contributed by atoms with Crippen LogP contribution in [-0.2, 0) is 34.2 Å². The maximum Gasteiger partial charge on any atom is 0.293 e. The molecular formula is C38H31ClF6N8O4S. The number of carbonyl (C=O) groups excluding carboxylic acids is 1. The van der Waals surface area contributed by atoms with Crippen LogP contribution < -0.4 is 16.0 Å². The minimum Gasteiger partial charge on any atom is -0.368 e. The van der Waals surface area contributed by atoms with Gasteiger partial charge in [-0.3, -0.25) is 23.6 Å². The Morgan fingerprint density at radius 3 is 2.41 bits per heavy atom. The van der Waals surface area contributed by atoms with E-state index in [1.807, 2.05) is 0 Å². The predicted octanol–water partition coefficient (Wildman–Crippen LogP) is 6.85. The van der Waals surface area contributed by atoms with Crippen LogP contribution >= 0.6 is 11.6 Å². The quantitative estimate of drug-likeness (QED) is 0.135. The molecule has 0 radical (unpaired) electrons. The average Bonchev–Trinajstić information content (AvgIpc) is 4.04. The highest BCUT2D eigenvalue weighted by Crippen LogP contribution is 2.68. The molecule has 20 heteroatoms. The summed E-state index contributed by atoms with van der Waals surface area (Å²) in [5.74, 6) is -11.5. The van der Waals surface area contributed by atoms with Gasteiger partial charge in [-0.1, -0.05) is 17.7 Å². The van der Waals surface area contributed by atoms with Crippen LogP contribution in [0, 0.1) is 17.6 Å². The largest absolute Gasteiger partial charge is 0.368 e. The van der Waals surface area contributed by atoms with Crippen molar-refractivity contribution in [3.05, 3.63) is 109 Å². The molecule has 0 spiro atoms. The summed E-state index contributed by atoms with van der Waals surface area (Å²) in [6.07, 6.45) is -1.39. The first kappa shape index (κ1) is 38.1. The number of rotatable bonds is 11. The third-order valence-corrected chi connectivity index (χ3v) is 12.1. The Hall–Kier alpha value is -5.43. The lowest BCUT2D eigenvalue weighted by Gasteiger charge is -2.30. The number of alkyl halides is 4. The van der Waals surface area contributed by atoms with E-state index in [1.54, 1.807) is 18.2 Å². The van der Waals surface area contributed by atoms with Crippen LogP contribution in [0.25, 0.3) is 27.5 Å². The zero-order chi connectivity index (χ0) is 41.3. The lowest BCUT2D eigenvalue weighted by Crippen LogP contribution is -2.39. The molecular weight excluding hydrogens is 814 g/mol. The average molecular weight is 845 g/mol. The molecule has 4 atom stereocenters. The Kier molecular flexibility index (Phi) is 8.57. The van der Waals surface area contributed by atoms with E-state index >= 15 is 13.6 Å². The number of nitrogens with one attached hydrogen (secondary N) is 1. The van der Waals surface area contributed by atoms with Crippen molar-refractivity contribution in [1.29, 1.82) is 0 Å². The number of aryl methyl sites for hydroxylation is 1. The number of benzene rings is 3. The molecule has 1 amide bonds. The van der Waals surface area contributed by atoms with E-state index in [-0.39, 0.29) is 62.1 Å². The van der Waals surface area contributed by atoms with E-state index in [9.17, 15) is 30.8 Å². The fraction of sp³-hybridized carbons (Fsp3) is 0.342. The molecule has 2 saturated carbocycles. The number of hydrogen-bond donors (Lipinski definition) is 2. The number of fused-ring (bicyclic) bond motifs is 5. The number of primary amides is 1. The third-order valence-electron chi connectivity index (χ3n) is 11.2. The molecule has 3 heterocycles. The van der Waals surface area contributed by atoms with Gasteiger partial charge >= 0.3 is 0 Å². The summed E-state index contributed by atoms with van der Waals surface area (Å²) < 4.78 is 121. The Balaban J connectivity index is 1.39. The number of nitrogens with zero attached hydrogens (tertiary/aromatic N) is 6. The Labute approximate surface area is 329 Å². The van der Waals surface area contributed by atoms with Gasteiger partial charge in [-0.25, -0.2) is 35.6 Å². The monoisotopic (exact) mass is 844 g/mol. The van der Waals surface area contributed by atoms with Crippen molar-refractivity contribution in [2.45, 2.75) is 61.8 Å². The number of sulfonamides is 1. The van der Waals surface area contributed by atoms with Crippen molar-refractivity contribution < 1.29 is 39.6 Å². The lowest BCUT2D eigenvalue weighted by molar-refractivity contribution is -0.122. The number of halogens is 7. The minimum absolute atomic E-state index is 0.00431. The molecule has 58 heavy (non-hydrogen) atoms. The highest BCUT2D eigenvalue weighted by atomic mass is 35.5. The van der Waals surface area contributed by atoms with Crippen molar-refractivity contribution in [2.24, 2.45) is 18.7 Å². The van der Waals surface area contributed by atoms with Crippen molar-refractivity contribution in [1.82, 2.24) is 29.1 Å². The molecule has 0 saturated heterocycles. The van der Waals surface area contributed by atoms with Crippen molar-refractivity contribution >= 4 is 55.2 Å². The highest BCUT2D eigenvalue weighted by molar-refractivity contribution is 7.92. The summed E-state index contributed by atoms with van der Waals surface area (Å²) in [7, 11) is -2.50. The molecule has 3 N–H and O–H groups in total. The van der Waals surface area contributed by atoms with Crippen LogP contribution in [0.4, 0.5) is 32.2 Å². The SMILES string of the molecule is Cn1nc(NS(C)(=O)=O)c2c(Cl)ccc(-n3c([C@@H](Cc4cc(F)cc(F)c4)C(C(N)=O)n4nc(C(F)F)c5c4C(F)(F)[C@@H]4C[C@H]54)nc4cc(C5CC5)ccc4c3=O)c21. The number of hydrogen-bond acceptors (Lipinski definition) is 7. The van der Waals surface area contributed by atoms with Gasteiger partial charge < -0.3 is 5.73 Å². The number of anilines is 1. The fourth-order valence-electron chi connectivity index (χ4n) is 8.59. The van der Waals surface area contributed by atoms with Crippen molar-refractivity contribution in [3.8, 4) is 5.69 Å². The first-order chi connectivity index (χ1) is 27.3. The number of amides is 1. The Bertz CT molecular complexity index is 2910. The van der Waals surface area contributed by atoms with Gasteiger partial charge in [0.25, 0.3) is 17.9 Å². The van der Waals surface area contributed by atoms with E-state index in [0.29, 0.717) is 10.7 Å². The molecule has 302 valence electrons. The summed E-state index contributed by atoms with van der Waals surface area (Å²) >= 11 is 6.62. The van der Waals surface area contributed by atoms with E-state index in [4.69, 9.17) is 22.3 Å². The molecule has 9 rings (SSSR count). The second kappa shape index (κ2) is 13.0. The smallest absolute Gasteiger partial charge is 0.293 e. The number of nitrogens with two attached hydrogens (primary N) is 1. The molecule has 6 aromatic rings. The van der Waals surface area contributed by atoms with Crippen molar-refractivity contribution in [2.75, 3.05) is 11.0 Å². The summed E-state index contributed by atoms with van der Waals surface area (Å²) in [6, 6.07) is 8.04. The lowest BCUT2D eigenvalue weighted by atomic mass is 9.89. The second-order valence-electron chi connectivity index (χ2n) is 15.2. The summed E-state index contributed by atoms with van der Waals surface area (Å²) in [5.41, 5.74) is 3.82. The van der Waals surface area contributed by atoms with E-state index in [2.05, 4.69) is 14.9 Å². The molecule has 12 nitrogen and oxygen atoms in total. The first-order valence-corrected chi connectivity index (χ1v) is 20.3. The zero-order valence-corrected chi connectivity index (χ0v) is 31.9. The molecule has 3 aromatic carbocycles. The molecule has 2 fully saturated rings. The third kappa shape index (κ3) is 6.11. The molecule has 3 aliphatic carbocycles. The van der Waals surface area contributed by atoms with Gasteiger partial charge in [-0.05, 0) is 85.0 Å². The molecule has 0 aliphatic heterocycles. The standard InChI is InChI=1S/C38H31ClF6N8O4S/c1-51-31-26(8-7-24(39)28(31)35(49-51)50-58(2,56)57)52-36(47-25-12-17(16-3-4-16)5-6-20(25)37(52)55)22(11-15-9-18(40)13-19(41)10-15)30(34(46)54)53-32-27(29(48-53)33(42)43)21-14-23(21)38(32,44)45/h5-10,12-13,16,21-23,30,33H,3-4,11,14H2,1-2H3,(H2,46,54)(H,49,50)/t21-,22-,23+,30?/m0/s1. The predicted molar refractivity (Wildman–Crippen MR) is 200 cm³/mol. The van der Waals surface area contributed by atoms with Crippen LogP contribution in [0.1, 0.15) is 83.4 Å². The molecule has 3 aliphatic rings. The van der Waals surface area contributed by atoms with Crippen LogP contribution in [0.5, 0.6) is 0 Å². The van der Waals surface area contributed by atoms with Gasteiger partial charge in [0.1, 0.15) is 34.9 Å². The van der Waals surface area contributed by atoms with Crippen LogP contribution in [0.2, 0.25) is 5.02 Å². The number of carbonyl (C=O) groups is 1. The first-order valence-electron chi connectivity index (χ1n) is 18.1. The summed E-state index contributed by atoms with van der Waals surface area (Å²) in [4.78, 5) is 33.8. The van der Waals surface area contributed by atoms with Gasteiger partial charge in [-0.15, -0.1) is 0 Å². The van der Waals surface area contributed by atoms with Crippen LogP contribution in [0.3, 0.4) is 0 Å². The Morgan fingerprint density at radius 1 is 1.07 bits per heavy atom. The van der Waals surface area contributed by atoms with Crippen molar-refractivity contribution in [3.63, 3.8) is 0 Å². The van der Waals surface area contributed by atoms with Gasteiger partial charge in [0, 0.05) is 24.6 Å². The summed E-state index contributed by atoms with van der Waals surface area (Å²) in [5, 5.41) is 8.31. The van der Waals surface area contributed by atoms with Gasteiger partial charge in [0.05, 0.1) is 44.7 Å². The normalized spacial score (nSPS) is 19.4. The topological polar surface area (TPSA) is 160 Å². The van der Waals surface area contributed by atoms with E-state index in [1.165, 1.54) is 23.9 Å². The second-order valence-corrected chi connectivity index (χ2v) is 17.4. The fourth-order valence-corrected chi connectivity index (χ4v) is 9.33. The number of aromatic nitrogens is 6. The summed E-state index contributed by atoms with van der Waals surface area (Å²) in [6.45, 7) is 0. The zero-order valence-electron chi connectivity index (χ0n) is 30.4. The van der Waals surface area contributed by atoms with Crippen LogP contribution in [-0.4, -0.2) is 49.7 Å². The highest BCUT2D eigenvalue weighted by Gasteiger charge is 2.67. The Morgan fingerprint density at radius 2 is 1.78 bits per heavy atom. The minimum atomic E-state index is -3.93. The molecule has 0 bridgehead atoms. The van der Waals surface area contributed by atoms with E-state index in [0.717, 1.165) is 41.4 Å².